The standard InChI is InChI=1S/C8H15NO3/c1-4-8(5-9-10,6-11-2)7-12-3/h4H,1,5-7H2,2-3H3. The molecule has 12 heavy (non-hydrogen) atoms. The molecule has 4 heteroatoms. The van der Waals surface area contributed by atoms with E-state index in [0.717, 1.165) is 0 Å². The highest BCUT2D eigenvalue weighted by molar-refractivity contribution is 4.96. The molecule has 0 unspecified atom stereocenters. The van der Waals surface area contributed by atoms with E-state index in [4.69, 9.17) is 9.47 Å². The van der Waals surface area contributed by atoms with Crippen LogP contribution in [0.1, 0.15) is 0 Å². The summed E-state index contributed by atoms with van der Waals surface area (Å²) in [5, 5.41) is 2.84. The van der Waals surface area contributed by atoms with Crippen molar-refractivity contribution in [3.8, 4) is 0 Å². The van der Waals surface area contributed by atoms with E-state index in [1.807, 2.05) is 0 Å². The van der Waals surface area contributed by atoms with Crippen LogP contribution in [0.3, 0.4) is 0 Å². The summed E-state index contributed by atoms with van der Waals surface area (Å²) in [6, 6.07) is 0. The Morgan fingerprint density at radius 2 is 1.92 bits per heavy atom. The van der Waals surface area contributed by atoms with Crippen molar-refractivity contribution in [2.75, 3.05) is 34.0 Å². The number of nitrogens with zero attached hydrogens (tertiary/aromatic N) is 1. The Balaban J connectivity index is 4.25. The van der Waals surface area contributed by atoms with Crippen molar-refractivity contribution in [3.05, 3.63) is 17.6 Å². The first kappa shape index (κ1) is 11.3. The summed E-state index contributed by atoms with van der Waals surface area (Å²) in [5.74, 6) is 0. The van der Waals surface area contributed by atoms with Crippen LogP contribution in [0.25, 0.3) is 0 Å². The molecule has 0 radical (unpaired) electrons. The van der Waals surface area contributed by atoms with Gasteiger partial charge in [0.15, 0.2) is 0 Å². The van der Waals surface area contributed by atoms with Crippen LogP contribution in [0.2, 0.25) is 0 Å². The van der Waals surface area contributed by atoms with Crippen LogP contribution in [0.15, 0.2) is 17.8 Å². The first-order valence-electron chi connectivity index (χ1n) is 3.65. The Hall–Kier alpha value is -0.740. The van der Waals surface area contributed by atoms with E-state index >= 15 is 0 Å². The van der Waals surface area contributed by atoms with E-state index in [-0.39, 0.29) is 6.54 Å². The lowest BCUT2D eigenvalue weighted by Gasteiger charge is -2.25. The molecule has 0 saturated carbocycles. The molecule has 70 valence electrons. The minimum atomic E-state index is -0.467. The van der Waals surface area contributed by atoms with Crippen LogP contribution >= 0.6 is 0 Å². The highest BCUT2D eigenvalue weighted by Crippen LogP contribution is 2.19. The van der Waals surface area contributed by atoms with E-state index < -0.39 is 5.41 Å². The fourth-order valence-corrected chi connectivity index (χ4v) is 1.02. The first-order valence-corrected chi connectivity index (χ1v) is 3.65. The van der Waals surface area contributed by atoms with Crippen LogP contribution in [-0.2, 0) is 9.47 Å². The lowest BCUT2D eigenvalue weighted by molar-refractivity contribution is 0.0461. The summed E-state index contributed by atoms with van der Waals surface area (Å²) in [7, 11) is 3.14. The topological polar surface area (TPSA) is 47.9 Å². The summed E-state index contributed by atoms with van der Waals surface area (Å²) in [4.78, 5) is 10.1. The summed E-state index contributed by atoms with van der Waals surface area (Å²) in [6.07, 6.45) is 1.65. The van der Waals surface area contributed by atoms with Gasteiger partial charge in [-0.2, -0.15) is 4.91 Å². The average Bonchev–Trinajstić information content (AvgIpc) is 2.06. The largest absolute Gasteiger partial charge is 0.384 e. The Kier molecular flexibility index (Phi) is 5.49. The van der Waals surface area contributed by atoms with Crippen LogP contribution in [0.5, 0.6) is 0 Å². The van der Waals surface area contributed by atoms with Crippen molar-refractivity contribution < 1.29 is 9.47 Å². The van der Waals surface area contributed by atoms with Gasteiger partial charge in [0, 0.05) is 14.2 Å². The zero-order valence-corrected chi connectivity index (χ0v) is 7.58. The van der Waals surface area contributed by atoms with Crippen molar-refractivity contribution in [1.29, 1.82) is 0 Å². The monoisotopic (exact) mass is 173 g/mol. The van der Waals surface area contributed by atoms with E-state index in [1.165, 1.54) is 0 Å². The second-order valence-corrected chi connectivity index (χ2v) is 2.72. The van der Waals surface area contributed by atoms with E-state index in [9.17, 15) is 4.91 Å². The van der Waals surface area contributed by atoms with Crippen LogP contribution in [-0.4, -0.2) is 34.0 Å². The predicted molar refractivity (Wildman–Crippen MR) is 47.0 cm³/mol. The summed E-state index contributed by atoms with van der Waals surface area (Å²) in [5.41, 5.74) is -0.467. The number of ether oxygens (including phenoxy) is 2. The predicted octanol–water partition coefficient (Wildman–Crippen LogP) is 1.22. The van der Waals surface area contributed by atoms with Crippen LogP contribution < -0.4 is 0 Å². The lowest BCUT2D eigenvalue weighted by Crippen LogP contribution is -2.32. The van der Waals surface area contributed by atoms with Gasteiger partial charge >= 0.3 is 0 Å². The maximum absolute atomic E-state index is 10.1. The zero-order chi connectivity index (χ0) is 9.45. The number of rotatable bonds is 7. The third-order valence-corrected chi connectivity index (χ3v) is 1.68. The van der Waals surface area contributed by atoms with Gasteiger partial charge in [0.2, 0.25) is 0 Å². The highest BCUT2D eigenvalue weighted by Gasteiger charge is 2.27. The Morgan fingerprint density at radius 1 is 1.42 bits per heavy atom. The number of hydrogen-bond donors (Lipinski definition) is 0. The molecule has 0 rings (SSSR count). The van der Waals surface area contributed by atoms with Crippen molar-refractivity contribution in [1.82, 2.24) is 0 Å². The molecular formula is C8H15NO3. The lowest BCUT2D eigenvalue weighted by atomic mass is 9.90. The van der Waals surface area contributed by atoms with Crippen molar-refractivity contribution in [3.63, 3.8) is 0 Å². The molecule has 0 fully saturated rings. The van der Waals surface area contributed by atoms with Crippen LogP contribution in [0, 0.1) is 10.3 Å². The molecule has 0 amide bonds. The fourth-order valence-electron chi connectivity index (χ4n) is 1.02. The maximum Gasteiger partial charge on any atom is 0.0946 e. The SMILES string of the molecule is C=CC(CN=O)(COC)COC. The maximum atomic E-state index is 10.1. The minimum absolute atomic E-state index is 0.137. The van der Waals surface area contributed by atoms with Crippen LogP contribution in [0.4, 0.5) is 0 Å². The highest BCUT2D eigenvalue weighted by atomic mass is 16.5. The van der Waals surface area contributed by atoms with Gasteiger partial charge in [0.25, 0.3) is 0 Å². The van der Waals surface area contributed by atoms with Gasteiger partial charge in [-0.1, -0.05) is 11.3 Å². The van der Waals surface area contributed by atoms with Crippen molar-refractivity contribution in [2.45, 2.75) is 0 Å². The molecular weight excluding hydrogens is 158 g/mol. The molecule has 0 aliphatic rings. The minimum Gasteiger partial charge on any atom is -0.384 e. The molecule has 0 aromatic carbocycles. The molecule has 0 spiro atoms. The average molecular weight is 173 g/mol. The zero-order valence-electron chi connectivity index (χ0n) is 7.58. The van der Waals surface area contributed by atoms with Gasteiger partial charge in [0.05, 0.1) is 25.2 Å². The third-order valence-electron chi connectivity index (χ3n) is 1.68. The van der Waals surface area contributed by atoms with E-state index in [2.05, 4.69) is 11.8 Å². The van der Waals surface area contributed by atoms with Gasteiger partial charge in [-0.15, -0.1) is 6.58 Å². The van der Waals surface area contributed by atoms with Gasteiger partial charge in [-0.3, -0.25) is 0 Å². The van der Waals surface area contributed by atoms with E-state index in [0.29, 0.717) is 13.2 Å². The van der Waals surface area contributed by atoms with Gasteiger partial charge < -0.3 is 9.47 Å². The second kappa shape index (κ2) is 5.85. The Morgan fingerprint density at radius 3 is 2.17 bits per heavy atom. The molecule has 0 aromatic heterocycles. The Bertz CT molecular complexity index is 141. The molecule has 0 bridgehead atoms. The number of methoxy groups -OCH3 is 2. The normalized spacial score (nSPS) is 11.2. The summed E-state index contributed by atoms with van der Waals surface area (Å²) < 4.78 is 9.91. The molecule has 0 N–H and O–H groups in total. The molecule has 0 aromatic rings. The van der Waals surface area contributed by atoms with E-state index in [1.54, 1.807) is 20.3 Å². The molecule has 0 aliphatic carbocycles. The second-order valence-electron chi connectivity index (χ2n) is 2.72. The Labute approximate surface area is 72.5 Å². The van der Waals surface area contributed by atoms with Crippen molar-refractivity contribution in [2.24, 2.45) is 10.6 Å². The molecule has 0 saturated heterocycles. The quantitative estimate of drug-likeness (QED) is 0.429. The fraction of sp³-hybridized carbons (Fsp3) is 0.750. The summed E-state index contributed by atoms with van der Waals surface area (Å²) >= 11 is 0. The molecule has 0 heterocycles. The van der Waals surface area contributed by atoms with Gasteiger partial charge in [-0.05, 0) is 0 Å². The smallest absolute Gasteiger partial charge is 0.0946 e. The molecule has 0 aliphatic heterocycles. The van der Waals surface area contributed by atoms with Gasteiger partial charge in [0.1, 0.15) is 0 Å². The molecule has 0 atom stereocenters. The first-order chi connectivity index (χ1) is 5.74. The number of hydrogen-bond acceptors (Lipinski definition) is 4. The van der Waals surface area contributed by atoms with Crippen molar-refractivity contribution >= 4 is 0 Å². The number of nitroso groups, excluding NO2 is 1. The van der Waals surface area contributed by atoms with Gasteiger partial charge in [-0.25, -0.2) is 0 Å². The third kappa shape index (κ3) is 3.11. The summed E-state index contributed by atoms with van der Waals surface area (Å²) in [6.45, 7) is 4.57. The molecule has 4 nitrogen and oxygen atoms in total.